The van der Waals surface area contributed by atoms with Gasteiger partial charge in [0.05, 0.1) is 38.5 Å². The van der Waals surface area contributed by atoms with Gasteiger partial charge in [0.1, 0.15) is 5.75 Å². The molecule has 10 nitrogen and oxygen atoms in total. The minimum Gasteiger partial charge on any atom is -0.497 e. The van der Waals surface area contributed by atoms with E-state index in [2.05, 4.69) is 5.32 Å². The molecule has 46 heavy (non-hydrogen) atoms. The molecule has 0 bridgehead atoms. The first-order chi connectivity index (χ1) is 22.2. The van der Waals surface area contributed by atoms with Crippen molar-refractivity contribution in [1.82, 2.24) is 10.2 Å². The number of aliphatic hydroxyl groups is 2. The highest BCUT2D eigenvalue weighted by Crippen LogP contribution is 2.47. The van der Waals surface area contributed by atoms with Crippen LogP contribution in [0.25, 0.3) is 0 Å². The Kier molecular flexibility index (Phi) is 8.95. The minimum atomic E-state index is -1.88. The van der Waals surface area contributed by atoms with Crippen LogP contribution in [0.3, 0.4) is 0 Å². The molecule has 10 heteroatoms. The number of nitrogens with one attached hydrogen (secondary N) is 1. The maximum Gasteiger partial charge on any atom is 0.264 e. The third-order valence-corrected chi connectivity index (χ3v) is 9.42. The maximum atomic E-state index is 14.1. The Labute approximate surface area is 268 Å². The Morgan fingerprint density at radius 1 is 1.11 bits per heavy atom. The van der Waals surface area contributed by atoms with E-state index >= 15 is 0 Å². The molecule has 240 valence electrons. The standard InChI is InChI=1S/C36H40N4O6/c1-24(6-5-9-33(42)39-22-27-8-4-3-7-26(27)18-29(39)23-41)36(45)31-19-30(46-2)14-15-32(31)40(35(36)44)21-25-10-12-28(13-11-25)38-17-16-37-20-34(38)43/h3-8,10-15,19,24,29,37,41,45H,9,16-18,20-23H2,1-2H3/b6-5+/t24-,29+,36+/m1/s1. The van der Waals surface area contributed by atoms with Crippen molar-refractivity contribution in [2.45, 2.75) is 44.5 Å². The number of aliphatic hydroxyl groups excluding tert-OH is 1. The molecule has 3 heterocycles. The number of methoxy groups -OCH3 is 1. The fraction of sp³-hybridized carbons (Fsp3) is 0.361. The van der Waals surface area contributed by atoms with Gasteiger partial charge in [0.15, 0.2) is 5.60 Å². The molecule has 6 rings (SSSR count). The molecule has 3 aliphatic heterocycles. The quantitative estimate of drug-likeness (QED) is 0.313. The summed E-state index contributed by atoms with van der Waals surface area (Å²) in [6.45, 7) is 3.92. The number of ether oxygens (including phenoxy) is 1. The zero-order valence-corrected chi connectivity index (χ0v) is 26.2. The fourth-order valence-electron chi connectivity index (χ4n) is 6.73. The topological polar surface area (TPSA) is 123 Å². The van der Waals surface area contributed by atoms with Crippen molar-refractivity contribution in [2.24, 2.45) is 5.92 Å². The third kappa shape index (κ3) is 5.79. The van der Waals surface area contributed by atoms with Gasteiger partial charge in [0.2, 0.25) is 11.8 Å². The second-order valence-corrected chi connectivity index (χ2v) is 12.2. The zero-order chi connectivity index (χ0) is 32.4. The van der Waals surface area contributed by atoms with E-state index in [0.29, 0.717) is 43.1 Å². The van der Waals surface area contributed by atoms with Crippen LogP contribution in [0.2, 0.25) is 0 Å². The van der Waals surface area contributed by atoms with Gasteiger partial charge in [-0.2, -0.15) is 0 Å². The molecule has 0 saturated carbocycles. The van der Waals surface area contributed by atoms with Gasteiger partial charge in [-0.05, 0) is 53.4 Å². The van der Waals surface area contributed by atoms with Crippen molar-refractivity contribution in [1.29, 1.82) is 0 Å². The first-order valence-corrected chi connectivity index (χ1v) is 15.7. The predicted molar refractivity (Wildman–Crippen MR) is 174 cm³/mol. The molecule has 0 unspecified atom stereocenters. The molecule has 1 fully saturated rings. The monoisotopic (exact) mass is 624 g/mol. The highest BCUT2D eigenvalue weighted by molar-refractivity contribution is 6.07. The summed E-state index contributed by atoms with van der Waals surface area (Å²) in [7, 11) is 1.54. The van der Waals surface area contributed by atoms with E-state index in [4.69, 9.17) is 4.74 Å². The number of hydrogen-bond donors (Lipinski definition) is 3. The van der Waals surface area contributed by atoms with Gasteiger partial charge >= 0.3 is 0 Å². The van der Waals surface area contributed by atoms with Crippen LogP contribution in [0, 0.1) is 5.92 Å². The van der Waals surface area contributed by atoms with Crippen LogP contribution >= 0.6 is 0 Å². The van der Waals surface area contributed by atoms with Gasteiger partial charge in [-0.25, -0.2) is 0 Å². The second-order valence-electron chi connectivity index (χ2n) is 12.2. The Hall–Kier alpha value is -4.51. The van der Waals surface area contributed by atoms with Gasteiger partial charge in [-0.1, -0.05) is 55.5 Å². The van der Waals surface area contributed by atoms with Gasteiger partial charge < -0.3 is 35.0 Å². The van der Waals surface area contributed by atoms with Gasteiger partial charge in [-0.15, -0.1) is 0 Å². The van der Waals surface area contributed by atoms with E-state index in [-0.39, 0.29) is 37.4 Å². The Bertz CT molecular complexity index is 1660. The van der Waals surface area contributed by atoms with E-state index in [9.17, 15) is 24.6 Å². The molecule has 3 atom stereocenters. The Morgan fingerprint density at radius 2 is 1.87 bits per heavy atom. The van der Waals surface area contributed by atoms with Crippen LogP contribution in [0.15, 0.2) is 78.9 Å². The Morgan fingerprint density at radius 3 is 2.59 bits per heavy atom. The van der Waals surface area contributed by atoms with Crippen LogP contribution in [0.5, 0.6) is 5.75 Å². The molecule has 3 aliphatic rings. The normalized spacial score (nSPS) is 21.8. The van der Waals surface area contributed by atoms with Crippen LogP contribution in [0.4, 0.5) is 11.4 Å². The molecule has 3 aromatic rings. The van der Waals surface area contributed by atoms with Crippen molar-refractivity contribution in [3.05, 3.63) is 101 Å². The lowest BCUT2D eigenvalue weighted by Gasteiger charge is -2.36. The van der Waals surface area contributed by atoms with Gasteiger partial charge in [0.25, 0.3) is 5.91 Å². The van der Waals surface area contributed by atoms with Gasteiger partial charge in [-0.3, -0.25) is 14.4 Å². The van der Waals surface area contributed by atoms with Crippen LogP contribution in [-0.2, 0) is 39.5 Å². The highest BCUT2D eigenvalue weighted by atomic mass is 16.5. The number of nitrogens with zero attached hydrogens (tertiary/aromatic N) is 3. The lowest BCUT2D eigenvalue weighted by atomic mass is 9.82. The number of piperazine rings is 1. The number of hydrogen-bond acceptors (Lipinski definition) is 7. The third-order valence-electron chi connectivity index (χ3n) is 9.42. The molecule has 0 spiro atoms. The van der Waals surface area contributed by atoms with E-state index in [1.165, 1.54) is 7.11 Å². The van der Waals surface area contributed by atoms with E-state index in [0.717, 1.165) is 28.9 Å². The first kappa shape index (κ1) is 31.5. The van der Waals surface area contributed by atoms with Gasteiger partial charge in [0, 0.05) is 43.2 Å². The number of rotatable bonds is 9. The zero-order valence-electron chi connectivity index (χ0n) is 26.2. The Balaban J connectivity index is 1.19. The average molecular weight is 625 g/mol. The van der Waals surface area contributed by atoms with Crippen molar-refractivity contribution < 1.29 is 29.3 Å². The van der Waals surface area contributed by atoms with Crippen molar-refractivity contribution in [3.63, 3.8) is 0 Å². The van der Waals surface area contributed by atoms with E-state index in [1.807, 2.05) is 48.5 Å². The summed E-state index contributed by atoms with van der Waals surface area (Å²) < 4.78 is 5.44. The molecule has 1 saturated heterocycles. The smallest absolute Gasteiger partial charge is 0.264 e. The number of amides is 3. The molecule has 0 aliphatic carbocycles. The summed E-state index contributed by atoms with van der Waals surface area (Å²) in [6.07, 6.45) is 4.08. The molecule has 3 amide bonds. The number of fused-ring (bicyclic) bond motifs is 2. The highest BCUT2D eigenvalue weighted by Gasteiger charge is 2.52. The van der Waals surface area contributed by atoms with Crippen LogP contribution in [0.1, 0.15) is 35.6 Å². The fourth-order valence-corrected chi connectivity index (χ4v) is 6.73. The molecule has 3 aromatic carbocycles. The first-order valence-electron chi connectivity index (χ1n) is 15.7. The summed E-state index contributed by atoms with van der Waals surface area (Å²) in [5, 5.41) is 25.2. The molecule has 0 radical (unpaired) electrons. The summed E-state index contributed by atoms with van der Waals surface area (Å²) in [5.74, 6) is -0.728. The minimum absolute atomic E-state index is 0.0138. The molecular formula is C36H40N4O6. The number of benzene rings is 3. The van der Waals surface area contributed by atoms with Crippen molar-refractivity contribution >= 4 is 29.1 Å². The molecule has 0 aromatic heterocycles. The van der Waals surface area contributed by atoms with E-state index < -0.39 is 17.4 Å². The van der Waals surface area contributed by atoms with Crippen molar-refractivity contribution in [3.8, 4) is 5.75 Å². The SMILES string of the molecule is COc1ccc2c(c1)[C@@](O)([C@H](C)/C=C/CC(=O)N1Cc3ccccc3C[C@H]1CO)C(=O)N2Cc1ccc(N2CCNCC2=O)cc1. The number of carbonyl (C=O) groups is 3. The summed E-state index contributed by atoms with van der Waals surface area (Å²) in [5.41, 5.74) is 3.01. The number of carbonyl (C=O) groups excluding carboxylic acids is 3. The summed E-state index contributed by atoms with van der Waals surface area (Å²) >= 11 is 0. The molecule has 3 N–H and O–H groups in total. The summed E-state index contributed by atoms with van der Waals surface area (Å²) in [4.78, 5) is 44.7. The summed E-state index contributed by atoms with van der Waals surface area (Å²) in [6, 6.07) is 20.4. The molecular weight excluding hydrogens is 584 g/mol. The van der Waals surface area contributed by atoms with Crippen molar-refractivity contribution in [2.75, 3.05) is 43.2 Å². The average Bonchev–Trinajstić information content (AvgIpc) is 3.30. The van der Waals surface area contributed by atoms with Crippen LogP contribution in [-0.4, -0.2) is 72.2 Å². The predicted octanol–water partition coefficient (Wildman–Crippen LogP) is 2.89. The number of anilines is 2. The second kappa shape index (κ2) is 13.1. The van der Waals surface area contributed by atoms with Crippen LogP contribution < -0.4 is 19.9 Å². The maximum absolute atomic E-state index is 14.1. The lowest BCUT2D eigenvalue weighted by Crippen LogP contribution is -2.48. The largest absolute Gasteiger partial charge is 0.497 e. The lowest BCUT2D eigenvalue weighted by molar-refractivity contribution is -0.139. The van der Waals surface area contributed by atoms with E-state index in [1.54, 1.807) is 52.0 Å².